The molecule has 0 radical (unpaired) electrons. The molecule has 0 saturated carbocycles. The van der Waals surface area contributed by atoms with Crippen molar-refractivity contribution < 1.29 is 28.6 Å². The molecular formula is C36H34N4O6S3. The number of ether oxygens (including phenoxy) is 3. The summed E-state index contributed by atoms with van der Waals surface area (Å²) >= 11 is 4.36. The summed E-state index contributed by atoms with van der Waals surface area (Å²) in [6.07, 6.45) is 2.10. The van der Waals surface area contributed by atoms with Crippen molar-refractivity contribution in [1.82, 2.24) is 10.3 Å². The number of thiazole rings is 1. The third kappa shape index (κ3) is 9.08. The smallest absolute Gasteiger partial charge is 0.272 e. The highest BCUT2D eigenvalue weighted by Gasteiger charge is 2.21. The summed E-state index contributed by atoms with van der Waals surface area (Å²) in [6, 6.07) is 23.1. The zero-order valence-corrected chi connectivity index (χ0v) is 29.6. The number of anilines is 2. The molecule has 3 amide bonds. The van der Waals surface area contributed by atoms with E-state index >= 15 is 0 Å². The predicted octanol–water partition coefficient (Wildman–Crippen LogP) is 7.82. The van der Waals surface area contributed by atoms with Crippen LogP contribution in [0.3, 0.4) is 0 Å². The van der Waals surface area contributed by atoms with Crippen LogP contribution in [0.15, 0.2) is 100 Å². The van der Waals surface area contributed by atoms with Crippen molar-refractivity contribution in [2.24, 2.45) is 0 Å². The normalized spacial score (nSPS) is 11.7. The summed E-state index contributed by atoms with van der Waals surface area (Å²) in [5.41, 5.74) is 2.21. The van der Waals surface area contributed by atoms with E-state index in [0.29, 0.717) is 45.6 Å². The van der Waals surface area contributed by atoms with Gasteiger partial charge in [-0.2, -0.15) is 0 Å². The van der Waals surface area contributed by atoms with Crippen LogP contribution in [0.2, 0.25) is 0 Å². The number of benzene rings is 3. The van der Waals surface area contributed by atoms with Gasteiger partial charge >= 0.3 is 0 Å². The van der Waals surface area contributed by atoms with Gasteiger partial charge in [0.1, 0.15) is 5.70 Å². The highest BCUT2D eigenvalue weighted by Crippen LogP contribution is 2.39. The van der Waals surface area contributed by atoms with E-state index in [9.17, 15) is 14.4 Å². The molecule has 10 nitrogen and oxygen atoms in total. The molecule has 0 aliphatic heterocycles. The average Bonchev–Trinajstić information content (AvgIpc) is 3.83. The first kappa shape index (κ1) is 35.2. The van der Waals surface area contributed by atoms with Crippen molar-refractivity contribution >= 4 is 69.1 Å². The van der Waals surface area contributed by atoms with Gasteiger partial charge in [-0.1, -0.05) is 37.3 Å². The molecule has 49 heavy (non-hydrogen) atoms. The molecule has 2 aromatic heterocycles. The van der Waals surface area contributed by atoms with E-state index in [0.717, 1.165) is 15.5 Å². The van der Waals surface area contributed by atoms with Crippen LogP contribution in [0, 0.1) is 0 Å². The van der Waals surface area contributed by atoms with Crippen LogP contribution in [0.4, 0.5) is 10.8 Å². The topological polar surface area (TPSA) is 128 Å². The number of methoxy groups -OCH3 is 3. The summed E-state index contributed by atoms with van der Waals surface area (Å²) in [6.45, 7) is 1.94. The van der Waals surface area contributed by atoms with Crippen molar-refractivity contribution in [3.05, 3.63) is 106 Å². The lowest BCUT2D eigenvalue weighted by Crippen LogP contribution is -2.30. The fraction of sp³-hybridized carbons (Fsp3) is 0.167. The van der Waals surface area contributed by atoms with Gasteiger partial charge in [0.2, 0.25) is 11.7 Å². The Labute approximate surface area is 296 Å². The highest BCUT2D eigenvalue weighted by atomic mass is 32.2. The minimum Gasteiger partial charge on any atom is -0.493 e. The van der Waals surface area contributed by atoms with E-state index in [-0.39, 0.29) is 11.6 Å². The molecule has 5 rings (SSSR count). The molecule has 13 heteroatoms. The molecule has 0 saturated heterocycles. The number of hydrogen-bond acceptors (Lipinski definition) is 10. The van der Waals surface area contributed by atoms with Gasteiger partial charge < -0.3 is 30.2 Å². The van der Waals surface area contributed by atoms with Crippen LogP contribution in [-0.2, 0) is 9.59 Å². The third-order valence-electron chi connectivity index (χ3n) is 7.07. The Kier molecular flexibility index (Phi) is 12.1. The van der Waals surface area contributed by atoms with E-state index in [2.05, 4.69) is 20.9 Å². The lowest BCUT2D eigenvalue weighted by molar-refractivity contribution is -0.116. The third-order valence-corrected chi connectivity index (χ3v) is 10.1. The number of aromatic nitrogens is 1. The minimum atomic E-state index is -0.560. The number of nitrogens with zero attached hydrogens (tertiary/aromatic N) is 1. The first-order valence-corrected chi connectivity index (χ1v) is 17.7. The molecule has 0 aliphatic rings. The highest BCUT2D eigenvalue weighted by molar-refractivity contribution is 8.00. The molecule has 3 aromatic carbocycles. The van der Waals surface area contributed by atoms with Crippen LogP contribution >= 0.6 is 34.4 Å². The van der Waals surface area contributed by atoms with E-state index in [1.807, 2.05) is 35.9 Å². The number of thioether (sulfide) groups is 1. The maximum absolute atomic E-state index is 13.7. The summed E-state index contributed by atoms with van der Waals surface area (Å²) in [4.78, 5) is 46.5. The van der Waals surface area contributed by atoms with Gasteiger partial charge in [-0.05, 0) is 72.0 Å². The second-order valence-electron chi connectivity index (χ2n) is 10.3. The Bertz CT molecular complexity index is 1920. The van der Waals surface area contributed by atoms with Gasteiger partial charge in [0.05, 0.1) is 37.2 Å². The number of nitrogens with one attached hydrogen (secondary N) is 3. The molecule has 3 N–H and O–H groups in total. The number of hydrogen-bond donors (Lipinski definition) is 3. The molecule has 5 aromatic rings. The summed E-state index contributed by atoms with van der Waals surface area (Å²) in [5, 5.41) is 12.6. The number of rotatable bonds is 14. The second kappa shape index (κ2) is 16.8. The Morgan fingerprint density at radius 1 is 0.878 bits per heavy atom. The van der Waals surface area contributed by atoms with Crippen molar-refractivity contribution in [1.29, 1.82) is 0 Å². The molecule has 0 fully saturated rings. The quantitative estimate of drug-likeness (QED) is 0.0785. The summed E-state index contributed by atoms with van der Waals surface area (Å²) in [5.74, 6) is -0.00926. The van der Waals surface area contributed by atoms with Crippen LogP contribution in [0.5, 0.6) is 17.2 Å². The molecule has 1 unspecified atom stereocenters. The number of amides is 3. The van der Waals surface area contributed by atoms with Crippen molar-refractivity contribution in [3.8, 4) is 27.8 Å². The van der Waals surface area contributed by atoms with Crippen molar-refractivity contribution in [2.75, 3.05) is 32.0 Å². The van der Waals surface area contributed by atoms with Crippen LogP contribution < -0.4 is 30.2 Å². The second-order valence-corrected chi connectivity index (χ2v) is 13.4. The first-order chi connectivity index (χ1) is 23.8. The Morgan fingerprint density at radius 3 is 2.29 bits per heavy atom. The monoisotopic (exact) mass is 714 g/mol. The Balaban J connectivity index is 1.34. The van der Waals surface area contributed by atoms with Gasteiger partial charge in [-0.15, -0.1) is 34.4 Å². The van der Waals surface area contributed by atoms with E-state index in [1.165, 1.54) is 50.5 Å². The zero-order valence-electron chi connectivity index (χ0n) is 27.1. The SMILES string of the molecule is CCC(Sc1cccc(NC(=O)/C(=C\c2cc(OC)c(OC)c(OC)c2)NC(=O)c2ccccc2)c1)C(=O)Nc1nc(-c2cccs2)cs1. The Hall–Kier alpha value is -5.11. The van der Waals surface area contributed by atoms with Gasteiger partial charge in [0, 0.05) is 21.5 Å². The maximum atomic E-state index is 13.7. The Morgan fingerprint density at radius 2 is 1.63 bits per heavy atom. The average molecular weight is 715 g/mol. The van der Waals surface area contributed by atoms with Gasteiger partial charge in [-0.3, -0.25) is 14.4 Å². The van der Waals surface area contributed by atoms with E-state index in [4.69, 9.17) is 14.2 Å². The van der Waals surface area contributed by atoms with Crippen LogP contribution in [-0.4, -0.2) is 49.3 Å². The number of carbonyl (C=O) groups excluding carboxylic acids is 3. The molecule has 1 atom stereocenters. The molecule has 0 spiro atoms. The maximum Gasteiger partial charge on any atom is 0.272 e. The molecule has 2 heterocycles. The molecule has 252 valence electrons. The zero-order chi connectivity index (χ0) is 34.8. The number of thiophene rings is 1. The molecule has 0 bridgehead atoms. The molecule has 0 aliphatic carbocycles. The van der Waals surface area contributed by atoms with Gasteiger partial charge in [0.15, 0.2) is 16.6 Å². The number of carbonyl (C=O) groups is 3. The molecular weight excluding hydrogens is 681 g/mol. The van der Waals surface area contributed by atoms with Crippen LogP contribution in [0.25, 0.3) is 16.6 Å². The standard InChI is InChI=1S/C36H34N4O6S3/c1-5-30(35(43)40-36-39-27(21-48-36)31-15-10-16-47-31)49-25-14-9-13-24(20-25)37-34(42)26(38-33(41)23-11-7-6-8-12-23)17-22-18-28(44-2)32(46-4)29(19-22)45-3/h6-21,30H,5H2,1-4H3,(H,37,42)(H,38,41)(H,39,40,43)/b26-17+. The predicted molar refractivity (Wildman–Crippen MR) is 197 cm³/mol. The van der Waals surface area contributed by atoms with Crippen molar-refractivity contribution in [3.63, 3.8) is 0 Å². The fourth-order valence-corrected chi connectivity index (χ4v) is 7.17. The summed E-state index contributed by atoms with van der Waals surface area (Å²) in [7, 11) is 4.49. The van der Waals surface area contributed by atoms with Crippen molar-refractivity contribution in [2.45, 2.75) is 23.5 Å². The first-order valence-electron chi connectivity index (χ1n) is 15.1. The van der Waals surface area contributed by atoms with Gasteiger partial charge in [0.25, 0.3) is 11.8 Å². The lowest BCUT2D eigenvalue weighted by Gasteiger charge is -2.16. The fourth-order valence-electron chi connectivity index (χ4n) is 4.68. The lowest BCUT2D eigenvalue weighted by atomic mass is 10.1. The summed E-state index contributed by atoms with van der Waals surface area (Å²) < 4.78 is 16.4. The minimum absolute atomic E-state index is 0.0163. The van der Waals surface area contributed by atoms with Crippen LogP contribution in [0.1, 0.15) is 29.3 Å². The van der Waals surface area contributed by atoms with E-state index in [1.54, 1.807) is 72.0 Å². The van der Waals surface area contributed by atoms with Gasteiger partial charge in [-0.25, -0.2) is 4.98 Å². The van der Waals surface area contributed by atoms with E-state index < -0.39 is 17.1 Å². The largest absolute Gasteiger partial charge is 0.493 e.